The van der Waals surface area contributed by atoms with Crippen molar-refractivity contribution in [2.45, 2.75) is 38.9 Å². The van der Waals surface area contributed by atoms with Gasteiger partial charge in [0.1, 0.15) is 25.6 Å². The van der Waals surface area contributed by atoms with Crippen LogP contribution in [0.15, 0.2) is 0 Å². The number of esters is 2. The van der Waals surface area contributed by atoms with Crippen LogP contribution in [0.4, 0.5) is 0 Å². The molecule has 0 bridgehead atoms. The molecule has 0 aromatic rings. The van der Waals surface area contributed by atoms with E-state index in [1.165, 1.54) is 0 Å². The van der Waals surface area contributed by atoms with Crippen molar-refractivity contribution < 1.29 is 23.8 Å². The average molecular weight is 268 g/mol. The summed E-state index contributed by atoms with van der Waals surface area (Å²) in [5.74, 6) is -1.21. The molecule has 7 heteroatoms. The molecule has 0 fully saturated rings. The summed E-state index contributed by atoms with van der Waals surface area (Å²) >= 11 is 0. The summed E-state index contributed by atoms with van der Waals surface area (Å²) < 4.78 is 14.9. The van der Waals surface area contributed by atoms with Gasteiger partial charge in [0.2, 0.25) is 0 Å². The van der Waals surface area contributed by atoms with Crippen LogP contribution in [0.1, 0.15) is 26.7 Å². The number of hydrogen-bond acceptors (Lipinski definition) is 7. The summed E-state index contributed by atoms with van der Waals surface area (Å²) in [5.41, 5.74) is 0. The smallest absolute Gasteiger partial charge is 0.320 e. The van der Waals surface area contributed by atoms with Crippen LogP contribution in [-0.2, 0) is 23.8 Å². The molecule has 19 heavy (non-hydrogen) atoms. The molecule has 0 radical (unpaired) electrons. The summed E-state index contributed by atoms with van der Waals surface area (Å²) in [6.07, 6.45) is -1.46. The molecule has 104 valence electrons. The Morgan fingerprint density at radius 1 is 1.00 bits per heavy atom. The molecule has 0 saturated carbocycles. The molecule has 7 nitrogen and oxygen atoms in total. The van der Waals surface area contributed by atoms with Crippen molar-refractivity contribution in [3.63, 3.8) is 0 Å². The number of carbonyl (C=O) groups is 2. The van der Waals surface area contributed by atoms with E-state index < -0.39 is 18.0 Å². The average Bonchev–Trinajstić information content (AvgIpc) is 2.34. The molecular weight excluding hydrogens is 252 g/mol. The van der Waals surface area contributed by atoms with Gasteiger partial charge in [0.05, 0.1) is 24.8 Å². The topological polar surface area (TPSA) is 109 Å². The molecule has 0 aliphatic heterocycles. The van der Waals surface area contributed by atoms with E-state index >= 15 is 0 Å². The fraction of sp³-hybridized carbons (Fsp3) is 0.667. The third-order valence-corrected chi connectivity index (χ3v) is 1.87. The standard InChI is InChI=1S/C12H16N2O5/c1-9(7-18-11(15)3-5-13)17-8-10(2)19-12(16)4-6-14/h9-10H,3-4,7-8H2,1-2H3. The predicted octanol–water partition coefficient (Wildman–Crippen LogP) is 0.694. The zero-order valence-corrected chi connectivity index (χ0v) is 10.9. The Labute approximate surface area is 111 Å². The van der Waals surface area contributed by atoms with Gasteiger partial charge >= 0.3 is 11.9 Å². The van der Waals surface area contributed by atoms with E-state index in [1.807, 2.05) is 0 Å². The quantitative estimate of drug-likeness (QED) is 0.595. The maximum absolute atomic E-state index is 11.0. The van der Waals surface area contributed by atoms with Crippen molar-refractivity contribution >= 4 is 11.9 Å². The Bertz CT molecular complexity index is 383. The molecule has 0 aliphatic rings. The van der Waals surface area contributed by atoms with Crippen molar-refractivity contribution in [1.82, 2.24) is 0 Å². The SMILES string of the molecule is CC(COC(=O)CC#N)OCC(C)OC(=O)CC#N. The number of nitrogens with zero attached hydrogens (tertiary/aromatic N) is 2. The van der Waals surface area contributed by atoms with Gasteiger partial charge in [0.25, 0.3) is 0 Å². The van der Waals surface area contributed by atoms with Crippen LogP contribution in [0.25, 0.3) is 0 Å². The lowest BCUT2D eigenvalue weighted by Crippen LogP contribution is -2.26. The van der Waals surface area contributed by atoms with Gasteiger partial charge in [-0.15, -0.1) is 0 Å². The molecule has 0 rings (SSSR count). The maximum Gasteiger partial charge on any atom is 0.320 e. The zero-order valence-electron chi connectivity index (χ0n) is 10.9. The van der Waals surface area contributed by atoms with Crippen LogP contribution in [-0.4, -0.2) is 37.4 Å². The summed E-state index contributed by atoms with van der Waals surface area (Å²) in [6.45, 7) is 3.47. The normalized spacial score (nSPS) is 12.6. The van der Waals surface area contributed by atoms with Gasteiger partial charge in [-0.25, -0.2) is 0 Å². The summed E-state index contributed by atoms with van der Waals surface area (Å²) in [5, 5.41) is 16.5. The summed E-state index contributed by atoms with van der Waals surface area (Å²) in [4.78, 5) is 21.9. The molecule has 0 spiro atoms. The number of rotatable bonds is 8. The number of ether oxygens (including phenoxy) is 3. The monoisotopic (exact) mass is 268 g/mol. The minimum absolute atomic E-state index is 0.0272. The summed E-state index contributed by atoms with van der Waals surface area (Å²) in [7, 11) is 0. The Balaban J connectivity index is 3.75. The number of nitriles is 2. The van der Waals surface area contributed by atoms with Crippen molar-refractivity contribution in [3.8, 4) is 12.1 Å². The van der Waals surface area contributed by atoms with E-state index in [0.717, 1.165) is 0 Å². The Kier molecular flexibility index (Phi) is 8.76. The highest BCUT2D eigenvalue weighted by Gasteiger charge is 2.12. The second-order valence-electron chi connectivity index (χ2n) is 3.80. The second-order valence-corrected chi connectivity index (χ2v) is 3.80. The van der Waals surface area contributed by atoms with Crippen LogP contribution >= 0.6 is 0 Å². The van der Waals surface area contributed by atoms with Crippen LogP contribution < -0.4 is 0 Å². The van der Waals surface area contributed by atoms with Crippen molar-refractivity contribution in [2.24, 2.45) is 0 Å². The highest BCUT2D eigenvalue weighted by molar-refractivity contribution is 5.72. The minimum Gasteiger partial charge on any atom is -0.462 e. The number of hydrogen-bond donors (Lipinski definition) is 0. The largest absolute Gasteiger partial charge is 0.462 e. The van der Waals surface area contributed by atoms with E-state index in [-0.39, 0.29) is 32.2 Å². The molecule has 0 heterocycles. The van der Waals surface area contributed by atoms with Crippen molar-refractivity contribution in [3.05, 3.63) is 0 Å². The van der Waals surface area contributed by atoms with E-state index in [4.69, 9.17) is 24.7 Å². The lowest BCUT2D eigenvalue weighted by molar-refractivity contribution is -0.153. The van der Waals surface area contributed by atoms with E-state index in [2.05, 4.69) is 0 Å². The fourth-order valence-electron chi connectivity index (χ4n) is 1.04. The predicted molar refractivity (Wildman–Crippen MR) is 62.4 cm³/mol. The molecule has 0 aliphatic carbocycles. The maximum atomic E-state index is 11.0. The molecule has 0 saturated heterocycles. The van der Waals surface area contributed by atoms with Crippen LogP contribution in [0.3, 0.4) is 0 Å². The van der Waals surface area contributed by atoms with Crippen LogP contribution in [0.2, 0.25) is 0 Å². The second kappa shape index (κ2) is 9.86. The van der Waals surface area contributed by atoms with Crippen LogP contribution in [0, 0.1) is 22.7 Å². The van der Waals surface area contributed by atoms with E-state index in [9.17, 15) is 9.59 Å². The lowest BCUT2D eigenvalue weighted by Gasteiger charge is -2.17. The van der Waals surface area contributed by atoms with E-state index in [1.54, 1.807) is 26.0 Å². The first kappa shape index (κ1) is 16.9. The molecule has 2 atom stereocenters. The zero-order chi connectivity index (χ0) is 14.7. The van der Waals surface area contributed by atoms with Gasteiger partial charge in [0, 0.05) is 0 Å². The van der Waals surface area contributed by atoms with Gasteiger partial charge < -0.3 is 14.2 Å². The molecule has 0 amide bonds. The third-order valence-electron chi connectivity index (χ3n) is 1.87. The van der Waals surface area contributed by atoms with Gasteiger partial charge in [-0.05, 0) is 13.8 Å². The van der Waals surface area contributed by atoms with Crippen LogP contribution in [0.5, 0.6) is 0 Å². The Morgan fingerprint density at radius 3 is 2.16 bits per heavy atom. The third kappa shape index (κ3) is 9.57. The molecule has 0 aromatic heterocycles. The molecular formula is C12H16N2O5. The van der Waals surface area contributed by atoms with Crippen molar-refractivity contribution in [2.75, 3.05) is 13.2 Å². The van der Waals surface area contributed by atoms with Gasteiger partial charge in [0.15, 0.2) is 0 Å². The first-order chi connectivity index (χ1) is 8.99. The van der Waals surface area contributed by atoms with Gasteiger partial charge in [-0.3, -0.25) is 9.59 Å². The van der Waals surface area contributed by atoms with Gasteiger partial charge in [-0.2, -0.15) is 10.5 Å². The lowest BCUT2D eigenvalue weighted by atomic mass is 10.4. The highest BCUT2D eigenvalue weighted by Crippen LogP contribution is 2.00. The van der Waals surface area contributed by atoms with Gasteiger partial charge in [-0.1, -0.05) is 0 Å². The Morgan fingerprint density at radius 2 is 1.58 bits per heavy atom. The Hall–Kier alpha value is -2.12. The minimum atomic E-state index is -0.605. The van der Waals surface area contributed by atoms with Crippen molar-refractivity contribution in [1.29, 1.82) is 10.5 Å². The fourth-order valence-corrected chi connectivity index (χ4v) is 1.04. The van der Waals surface area contributed by atoms with E-state index in [0.29, 0.717) is 0 Å². The number of carbonyl (C=O) groups excluding carboxylic acids is 2. The summed E-state index contributed by atoms with van der Waals surface area (Å²) in [6, 6.07) is 3.36. The molecule has 0 aromatic carbocycles. The highest BCUT2D eigenvalue weighted by atomic mass is 16.6. The first-order valence-corrected chi connectivity index (χ1v) is 5.70. The molecule has 0 N–H and O–H groups in total. The molecule has 2 unspecified atom stereocenters. The first-order valence-electron chi connectivity index (χ1n) is 5.70.